The van der Waals surface area contributed by atoms with Crippen LogP contribution in [0.1, 0.15) is 5.56 Å². The van der Waals surface area contributed by atoms with Gasteiger partial charge in [0.15, 0.2) is 0 Å². The lowest BCUT2D eigenvalue weighted by Crippen LogP contribution is -1.98. The van der Waals surface area contributed by atoms with Crippen LogP contribution in [0.3, 0.4) is 0 Å². The van der Waals surface area contributed by atoms with E-state index >= 15 is 0 Å². The number of furan rings is 1. The molecule has 0 saturated heterocycles. The lowest BCUT2D eigenvalue weighted by Gasteiger charge is -2.04. The summed E-state index contributed by atoms with van der Waals surface area (Å²) in [6, 6.07) is 14.8. The molecule has 0 amide bonds. The van der Waals surface area contributed by atoms with Crippen LogP contribution in [0.25, 0.3) is 33.3 Å². The van der Waals surface area contributed by atoms with E-state index in [0.717, 1.165) is 21.9 Å². The summed E-state index contributed by atoms with van der Waals surface area (Å²) in [6.45, 7) is 2.03. The Balaban J connectivity index is 2.01. The van der Waals surface area contributed by atoms with Gasteiger partial charge in [0.1, 0.15) is 22.7 Å². The van der Waals surface area contributed by atoms with Gasteiger partial charge in [0.05, 0.1) is 7.11 Å². The number of rotatable bonds is 2. The van der Waals surface area contributed by atoms with Gasteiger partial charge in [-0.05, 0) is 37.3 Å². The predicted molar refractivity (Wildman–Crippen MR) is 89.0 cm³/mol. The molecule has 0 saturated carbocycles. The van der Waals surface area contributed by atoms with Crippen molar-refractivity contribution < 1.29 is 13.6 Å². The van der Waals surface area contributed by atoms with Gasteiger partial charge in [0, 0.05) is 28.5 Å². The van der Waals surface area contributed by atoms with Crippen LogP contribution in [0.4, 0.5) is 0 Å². The van der Waals surface area contributed by atoms with Gasteiger partial charge in [0.2, 0.25) is 0 Å². The number of fused-ring (bicyclic) bond motifs is 2. The monoisotopic (exact) mass is 306 g/mol. The third-order valence-electron chi connectivity index (χ3n) is 3.89. The third kappa shape index (κ3) is 2.28. The van der Waals surface area contributed by atoms with Crippen molar-refractivity contribution in [2.75, 3.05) is 7.11 Å². The zero-order chi connectivity index (χ0) is 16.0. The molecule has 4 aromatic rings. The minimum atomic E-state index is -0.419. The second-order valence-corrected chi connectivity index (χ2v) is 5.49. The first-order valence-corrected chi connectivity index (χ1v) is 7.26. The van der Waals surface area contributed by atoms with Gasteiger partial charge in [0.25, 0.3) is 0 Å². The molecule has 0 radical (unpaired) electrons. The van der Waals surface area contributed by atoms with Crippen molar-refractivity contribution in [2.45, 2.75) is 6.92 Å². The smallest absolute Gasteiger partial charge is 0.336 e. The number of benzene rings is 2. The fourth-order valence-electron chi connectivity index (χ4n) is 2.77. The van der Waals surface area contributed by atoms with Gasteiger partial charge >= 0.3 is 5.63 Å². The van der Waals surface area contributed by atoms with E-state index < -0.39 is 5.63 Å². The minimum absolute atomic E-state index is 0.419. The Morgan fingerprint density at radius 1 is 0.913 bits per heavy atom. The summed E-state index contributed by atoms with van der Waals surface area (Å²) in [6.07, 6.45) is 0. The van der Waals surface area contributed by atoms with Crippen molar-refractivity contribution >= 4 is 21.9 Å². The van der Waals surface area contributed by atoms with E-state index in [1.54, 1.807) is 13.2 Å². The molecule has 0 bridgehead atoms. The van der Waals surface area contributed by atoms with Crippen molar-refractivity contribution in [1.82, 2.24) is 0 Å². The first-order valence-electron chi connectivity index (χ1n) is 7.26. The van der Waals surface area contributed by atoms with Crippen LogP contribution in [0.2, 0.25) is 0 Å². The maximum atomic E-state index is 11.9. The summed E-state index contributed by atoms with van der Waals surface area (Å²) in [5, 5.41) is 1.82. The number of methoxy groups -OCH3 is 1. The Morgan fingerprint density at radius 2 is 1.78 bits per heavy atom. The SMILES string of the molecule is COc1ccc2c(-c3cc4cc(C)ccc4o3)cc(=O)oc2c1. The molecule has 2 heterocycles. The zero-order valence-corrected chi connectivity index (χ0v) is 12.8. The van der Waals surface area contributed by atoms with E-state index in [9.17, 15) is 4.79 Å². The zero-order valence-electron chi connectivity index (χ0n) is 12.8. The van der Waals surface area contributed by atoms with Gasteiger partial charge in [-0.3, -0.25) is 0 Å². The Kier molecular flexibility index (Phi) is 2.98. The molecule has 0 atom stereocenters. The van der Waals surface area contributed by atoms with E-state index in [0.29, 0.717) is 22.7 Å². The summed E-state index contributed by atoms with van der Waals surface area (Å²) in [5.74, 6) is 1.28. The number of hydrogen-bond donors (Lipinski definition) is 0. The maximum Gasteiger partial charge on any atom is 0.336 e. The van der Waals surface area contributed by atoms with Crippen LogP contribution in [0.15, 0.2) is 62.2 Å². The van der Waals surface area contributed by atoms with Gasteiger partial charge in [-0.25, -0.2) is 4.79 Å². The predicted octanol–water partition coefficient (Wildman–Crippen LogP) is 4.52. The van der Waals surface area contributed by atoms with Crippen molar-refractivity contribution in [3.05, 3.63) is 64.5 Å². The fourth-order valence-corrected chi connectivity index (χ4v) is 2.77. The minimum Gasteiger partial charge on any atom is -0.497 e. The molecule has 4 rings (SSSR count). The number of ether oxygens (including phenoxy) is 1. The third-order valence-corrected chi connectivity index (χ3v) is 3.89. The molecule has 0 aliphatic heterocycles. The molecule has 0 fully saturated rings. The highest BCUT2D eigenvalue weighted by atomic mass is 16.5. The lowest BCUT2D eigenvalue weighted by atomic mass is 10.1. The van der Waals surface area contributed by atoms with Crippen molar-refractivity contribution in [3.63, 3.8) is 0 Å². The van der Waals surface area contributed by atoms with Crippen LogP contribution in [0.5, 0.6) is 5.75 Å². The lowest BCUT2D eigenvalue weighted by molar-refractivity contribution is 0.414. The van der Waals surface area contributed by atoms with Crippen LogP contribution in [0, 0.1) is 6.92 Å². The second kappa shape index (κ2) is 5.02. The van der Waals surface area contributed by atoms with Gasteiger partial charge in [-0.2, -0.15) is 0 Å². The van der Waals surface area contributed by atoms with Crippen LogP contribution < -0.4 is 10.4 Å². The maximum absolute atomic E-state index is 11.9. The molecule has 0 aliphatic carbocycles. The molecule has 0 N–H and O–H groups in total. The van der Waals surface area contributed by atoms with Crippen molar-refractivity contribution in [2.24, 2.45) is 0 Å². The normalized spacial score (nSPS) is 11.2. The second-order valence-electron chi connectivity index (χ2n) is 5.49. The molecule has 0 unspecified atom stereocenters. The summed E-state index contributed by atoms with van der Waals surface area (Å²) in [5.41, 5.74) is 2.72. The Morgan fingerprint density at radius 3 is 2.61 bits per heavy atom. The average molecular weight is 306 g/mol. The Bertz CT molecular complexity index is 1090. The summed E-state index contributed by atoms with van der Waals surface area (Å²) in [4.78, 5) is 11.9. The van der Waals surface area contributed by atoms with E-state index in [4.69, 9.17) is 13.6 Å². The molecule has 4 heteroatoms. The molecule has 23 heavy (non-hydrogen) atoms. The highest BCUT2D eigenvalue weighted by Gasteiger charge is 2.13. The Hall–Kier alpha value is -3.01. The highest BCUT2D eigenvalue weighted by Crippen LogP contribution is 2.33. The van der Waals surface area contributed by atoms with E-state index in [2.05, 4.69) is 6.07 Å². The van der Waals surface area contributed by atoms with Gasteiger partial charge < -0.3 is 13.6 Å². The number of hydrogen-bond acceptors (Lipinski definition) is 4. The fraction of sp³-hybridized carbons (Fsp3) is 0.105. The molecular formula is C19H14O4. The molecule has 0 spiro atoms. The van der Waals surface area contributed by atoms with E-state index in [-0.39, 0.29) is 0 Å². The van der Waals surface area contributed by atoms with Crippen LogP contribution in [-0.4, -0.2) is 7.11 Å². The Labute approximate surface area is 131 Å². The molecule has 2 aromatic heterocycles. The van der Waals surface area contributed by atoms with Gasteiger partial charge in [-0.1, -0.05) is 11.6 Å². The van der Waals surface area contributed by atoms with Gasteiger partial charge in [-0.15, -0.1) is 0 Å². The summed E-state index contributed by atoms with van der Waals surface area (Å²) < 4.78 is 16.4. The highest BCUT2D eigenvalue weighted by molar-refractivity contribution is 5.95. The molecule has 2 aromatic carbocycles. The first-order chi connectivity index (χ1) is 11.1. The summed E-state index contributed by atoms with van der Waals surface area (Å²) >= 11 is 0. The molecule has 4 nitrogen and oxygen atoms in total. The molecule has 114 valence electrons. The van der Waals surface area contributed by atoms with E-state index in [1.165, 1.54) is 6.07 Å². The standard InChI is InChI=1S/C19H14O4/c1-11-3-6-16-12(7-11)8-17(22-16)15-10-19(20)23-18-9-13(21-2)4-5-14(15)18/h3-10H,1-2H3. The van der Waals surface area contributed by atoms with Crippen LogP contribution >= 0.6 is 0 Å². The quantitative estimate of drug-likeness (QED) is 0.511. The van der Waals surface area contributed by atoms with E-state index in [1.807, 2.05) is 37.3 Å². The largest absolute Gasteiger partial charge is 0.497 e. The van der Waals surface area contributed by atoms with Crippen molar-refractivity contribution in [3.8, 4) is 17.1 Å². The summed E-state index contributed by atoms with van der Waals surface area (Å²) in [7, 11) is 1.57. The average Bonchev–Trinajstić information content (AvgIpc) is 2.96. The molecular weight excluding hydrogens is 292 g/mol. The first kappa shape index (κ1) is 13.6. The van der Waals surface area contributed by atoms with Crippen molar-refractivity contribution in [1.29, 1.82) is 0 Å². The van der Waals surface area contributed by atoms with Crippen LogP contribution in [-0.2, 0) is 0 Å². The number of aryl methyl sites for hydroxylation is 1. The molecule has 0 aliphatic rings. The topological polar surface area (TPSA) is 52.6 Å².